The molecule has 0 atom stereocenters. The highest BCUT2D eigenvalue weighted by Gasteiger charge is 2.14. The summed E-state index contributed by atoms with van der Waals surface area (Å²) >= 11 is 0. The van der Waals surface area contributed by atoms with E-state index in [4.69, 9.17) is 5.11 Å². The Morgan fingerprint density at radius 1 is 1.06 bits per heavy atom. The summed E-state index contributed by atoms with van der Waals surface area (Å²) in [6.07, 6.45) is 4.62. The maximum atomic E-state index is 11.2. The maximum absolute atomic E-state index is 11.2. The minimum atomic E-state index is -1.03. The quantitative estimate of drug-likeness (QED) is 0.513. The second kappa shape index (κ2) is 8.18. The lowest BCUT2D eigenvalue weighted by atomic mass is 9.96. The van der Waals surface area contributed by atoms with Gasteiger partial charge in [0.15, 0.2) is 0 Å². The van der Waals surface area contributed by atoms with Crippen LogP contribution in [0.1, 0.15) is 32.6 Å². The van der Waals surface area contributed by atoms with Gasteiger partial charge in [-0.3, -0.25) is 0 Å². The van der Waals surface area contributed by atoms with Gasteiger partial charge >= 0.3 is 5.97 Å². The zero-order valence-corrected chi connectivity index (χ0v) is 18.1. The Labute approximate surface area is 181 Å². The molecule has 0 unspecified atom stereocenters. The molecule has 2 aromatic carbocycles. The fourth-order valence-corrected chi connectivity index (χ4v) is 3.80. The molecule has 0 aliphatic carbocycles. The third kappa shape index (κ3) is 4.12. The van der Waals surface area contributed by atoms with Gasteiger partial charge in [-0.25, -0.2) is 14.5 Å². The van der Waals surface area contributed by atoms with Crippen molar-refractivity contribution >= 4 is 22.7 Å². The Morgan fingerprint density at radius 2 is 1.81 bits per heavy atom. The molecule has 0 saturated carbocycles. The van der Waals surface area contributed by atoms with Crippen LogP contribution in [0.15, 0.2) is 48.8 Å². The van der Waals surface area contributed by atoms with E-state index in [9.17, 15) is 4.79 Å². The van der Waals surface area contributed by atoms with Crippen LogP contribution in [0.2, 0.25) is 0 Å². The van der Waals surface area contributed by atoms with E-state index in [1.807, 2.05) is 25.1 Å². The number of aromatic nitrogens is 4. The summed E-state index contributed by atoms with van der Waals surface area (Å²) in [6, 6.07) is 12.7. The van der Waals surface area contributed by atoms with Crippen LogP contribution in [-0.4, -0.2) is 44.9 Å². The number of anilines is 1. The van der Waals surface area contributed by atoms with Crippen LogP contribution in [0.5, 0.6) is 0 Å². The number of carbonyl (C=O) groups is 1. The number of hydrogen-bond donors (Lipinski definition) is 1. The Kier molecular flexibility index (Phi) is 5.42. The van der Waals surface area contributed by atoms with Gasteiger partial charge in [0.2, 0.25) is 0 Å². The summed E-state index contributed by atoms with van der Waals surface area (Å²) in [7, 11) is 3.86. The van der Waals surface area contributed by atoms with Crippen LogP contribution in [0.3, 0.4) is 0 Å². The van der Waals surface area contributed by atoms with Crippen molar-refractivity contribution in [1.82, 2.24) is 19.7 Å². The normalized spacial score (nSPS) is 11.1. The number of hydrogen-bond acceptors (Lipinski definition) is 5. The molecule has 4 rings (SSSR count). The van der Waals surface area contributed by atoms with Crippen LogP contribution in [0.25, 0.3) is 16.9 Å². The van der Waals surface area contributed by atoms with Crippen molar-refractivity contribution in [1.29, 1.82) is 0 Å². The first-order chi connectivity index (χ1) is 14.8. The molecule has 7 nitrogen and oxygen atoms in total. The molecule has 0 radical (unpaired) electrons. The average Bonchev–Trinajstić information content (AvgIpc) is 3.23. The largest absolute Gasteiger partial charge is 0.478 e. The van der Waals surface area contributed by atoms with Crippen molar-refractivity contribution in [2.24, 2.45) is 0 Å². The highest BCUT2D eigenvalue weighted by molar-refractivity contribution is 5.90. The van der Waals surface area contributed by atoms with Crippen molar-refractivity contribution < 1.29 is 9.90 Å². The van der Waals surface area contributed by atoms with Gasteiger partial charge in [0.1, 0.15) is 5.82 Å². The van der Waals surface area contributed by atoms with E-state index in [0.29, 0.717) is 5.95 Å². The molecule has 0 amide bonds. The molecule has 0 aliphatic rings. The summed E-state index contributed by atoms with van der Waals surface area (Å²) in [5, 5.41) is 14.2. The minimum Gasteiger partial charge on any atom is -0.478 e. The van der Waals surface area contributed by atoms with E-state index in [-0.39, 0.29) is 5.56 Å². The Balaban J connectivity index is 1.70. The first-order valence-electron chi connectivity index (χ1n) is 10.1. The van der Waals surface area contributed by atoms with E-state index in [1.165, 1.54) is 39.3 Å². The van der Waals surface area contributed by atoms with Crippen molar-refractivity contribution in [3.8, 4) is 5.95 Å². The van der Waals surface area contributed by atoms with Gasteiger partial charge in [-0.1, -0.05) is 24.3 Å². The first-order valence-corrected chi connectivity index (χ1v) is 10.1. The predicted molar refractivity (Wildman–Crippen MR) is 121 cm³/mol. The lowest BCUT2D eigenvalue weighted by Gasteiger charge is -2.16. The van der Waals surface area contributed by atoms with Gasteiger partial charge < -0.3 is 10.0 Å². The van der Waals surface area contributed by atoms with Crippen LogP contribution < -0.4 is 4.90 Å². The molecule has 0 saturated heterocycles. The summed E-state index contributed by atoms with van der Waals surface area (Å²) in [6.45, 7) is 4.32. The average molecular weight is 415 g/mol. The summed E-state index contributed by atoms with van der Waals surface area (Å²) in [5.74, 6) is 0.0710. The molecule has 1 N–H and O–H groups in total. The highest BCUT2D eigenvalue weighted by Crippen LogP contribution is 2.26. The van der Waals surface area contributed by atoms with Gasteiger partial charge in [0.05, 0.1) is 17.3 Å². The Bertz CT molecular complexity index is 1260. The molecule has 7 heteroatoms. The predicted octanol–water partition coefficient (Wildman–Crippen LogP) is 3.98. The van der Waals surface area contributed by atoms with Gasteiger partial charge in [-0.15, -0.1) is 0 Å². The monoisotopic (exact) mass is 415 g/mol. The maximum Gasteiger partial charge on any atom is 0.338 e. The fourth-order valence-electron chi connectivity index (χ4n) is 3.80. The molecule has 0 aliphatic heterocycles. The first kappa shape index (κ1) is 20.5. The zero-order valence-electron chi connectivity index (χ0n) is 18.1. The topological polar surface area (TPSA) is 84.1 Å². The van der Waals surface area contributed by atoms with Gasteiger partial charge in [-0.2, -0.15) is 10.1 Å². The second-order valence-corrected chi connectivity index (χ2v) is 7.94. The van der Waals surface area contributed by atoms with Crippen LogP contribution >= 0.6 is 0 Å². The lowest BCUT2D eigenvalue weighted by Crippen LogP contribution is -2.14. The molecule has 2 aromatic heterocycles. The number of aryl methyl sites for hydroxylation is 3. The standard InChI is InChI=1S/C24H25N5O2/c1-15-6-5-7-16(2)19(15)10-8-17-9-11-21-20(12-17)22(28(3)4)27-24(26-21)29-14-18(13-25-29)23(30)31/h5-7,9,11-14H,8,10H2,1-4H3,(H,30,31). The number of benzene rings is 2. The van der Waals surface area contributed by atoms with Crippen molar-refractivity contribution in [3.05, 3.63) is 76.6 Å². The van der Waals surface area contributed by atoms with Crippen LogP contribution in [0.4, 0.5) is 5.82 Å². The SMILES string of the molecule is Cc1cccc(C)c1CCc1ccc2nc(-n3cc(C(=O)O)cn3)nc(N(C)C)c2c1. The summed E-state index contributed by atoms with van der Waals surface area (Å²) < 4.78 is 1.39. The van der Waals surface area contributed by atoms with Gasteiger partial charge in [-0.05, 0) is 61.1 Å². The Morgan fingerprint density at radius 3 is 2.45 bits per heavy atom. The molecule has 4 aromatic rings. The molecule has 0 fully saturated rings. The number of rotatable bonds is 6. The molecule has 2 heterocycles. The number of nitrogens with zero attached hydrogens (tertiary/aromatic N) is 5. The lowest BCUT2D eigenvalue weighted by molar-refractivity contribution is 0.0697. The number of aromatic carboxylic acids is 1. The van der Waals surface area contributed by atoms with Crippen molar-refractivity contribution in [2.75, 3.05) is 19.0 Å². The van der Waals surface area contributed by atoms with Crippen molar-refractivity contribution in [3.63, 3.8) is 0 Å². The van der Waals surface area contributed by atoms with E-state index >= 15 is 0 Å². The van der Waals surface area contributed by atoms with E-state index in [0.717, 1.165) is 29.6 Å². The fraction of sp³-hybridized carbons (Fsp3) is 0.250. The number of fused-ring (bicyclic) bond motifs is 1. The summed E-state index contributed by atoms with van der Waals surface area (Å²) in [4.78, 5) is 22.4. The molecular formula is C24H25N5O2. The van der Waals surface area contributed by atoms with Gasteiger partial charge in [0.25, 0.3) is 5.95 Å². The molecule has 0 bridgehead atoms. The molecular weight excluding hydrogens is 390 g/mol. The molecule has 31 heavy (non-hydrogen) atoms. The van der Waals surface area contributed by atoms with E-state index < -0.39 is 5.97 Å². The highest BCUT2D eigenvalue weighted by atomic mass is 16.4. The van der Waals surface area contributed by atoms with E-state index in [2.05, 4.69) is 59.2 Å². The van der Waals surface area contributed by atoms with E-state index in [1.54, 1.807) is 0 Å². The van der Waals surface area contributed by atoms with Gasteiger partial charge in [0, 0.05) is 25.7 Å². The third-order valence-electron chi connectivity index (χ3n) is 5.49. The minimum absolute atomic E-state index is 0.0944. The van der Waals surface area contributed by atoms with Crippen LogP contribution in [-0.2, 0) is 12.8 Å². The van der Waals surface area contributed by atoms with Crippen LogP contribution in [0, 0.1) is 13.8 Å². The smallest absolute Gasteiger partial charge is 0.338 e. The van der Waals surface area contributed by atoms with Crippen molar-refractivity contribution in [2.45, 2.75) is 26.7 Å². The molecule has 158 valence electrons. The Hall–Kier alpha value is -3.74. The number of carboxylic acid groups (broad SMARTS) is 1. The summed E-state index contributed by atoms with van der Waals surface area (Å²) in [5.41, 5.74) is 6.15. The molecule has 0 spiro atoms. The third-order valence-corrected chi connectivity index (χ3v) is 5.49. The number of carboxylic acids is 1. The second-order valence-electron chi connectivity index (χ2n) is 7.94. The zero-order chi connectivity index (χ0) is 22.1.